The lowest BCUT2D eigenvalue weighted by Crippen LogP contribution is -2.12. The van der Waals surface area contributed by atoms with Crippen LogP contribution in [0.3, 0.4) is 0 Å². The molecule has 10 aromatic rings. The maximum absolute atomic E-state index is 6.45. The second-order valence-corrected chi connectivity index (χ2v) is 14.5. The highest BCUT2D eigenvalue weighted by atomic mass is 16.3. The summed E-state index contributed by atoms with van der Waals surface area (Å²) >= 11 is 0. The summed E-state index contributed by atoms with van der Waals surface area (Å²) in [6, 6.07) is 63.3. The van der Waals surface area contributed by atoms with Gasteiger partial charge in [0, 0.05) is 33.2 Å². The summed E-state index contributed by atoms with van der Waals surface area (Å²) in [6.45, 7) is 0. The topological polar surface area (TPSA) is 63.8 Å². The minimum absolute atomic E-state index is 0.0593. The van der Waals surface area contributed by atoms with Crippen LogP contribution in [0.25, 0.3) is 95.2 Å². The van der Waals surface area contributed by atoms with Crippen LogP contribution in [-0.2, 0) is 0 Å². The Labute approximate surface area is 329 Å². The summed E-state index contributed by atoms with van der Waals surface area (Å²) in [5.74, 6) is 1.86. The monoisotopic (exact) mass is 730 g/mol. The lowest BCUT2D eigenvalue weighted by Gasteiger charge is -2.25. The number of aromatic nitrogens is 3. The van der Waals surface area contributed by atoms with Crippen molar-refractivity contribution in [2.75, 3.05) is 5.32 Å². The number of hydrogen-bond donors (Lipinski definition) is 1. The van der Waals surface area contributed by atoms with Gasteiger partial charge in [-0.1, -0.05) is 158 Å². The summed E-state index contributed by atoms with van der Waals surface area (Å²) in [5.41, 5.74) is 12.7. The Kier molecular flexibility index (Phi) is 7.81. The van der Waals surface area contributed by atoms with Crippen molar-refractivity contribution in [3.8, 4) is 56.4 Å². The normalized spacial score (nSPS) is 13.5. The van der Waals surface area contributed by atoms with Crippen molar-refractivity contribution in [1.29, 1.82) is 0 Å². The molecule has 11 rings (SSSR count). The molecule has 3 heterocycles. The molecular weight excluding hydrogens is 697 g/mol. The van der Waals surface area contributed by atoms with Crippen LogP contribution in [0.15, 0.2) is 192 Å². The van der Waals surface area contributed by atoms with Crippen molar-refractivity contribution in [3.63, 3.8) is 0 Å². The Morgan fingerprint density at radius 2 is 1.00 bits per heavy atom. The second-order valence-electron chi connectivity index (χ2n) is 14.5. The molecule has 1 N–H and O–H groups in total. The van der Waals surface area contributed by atoms with Crippen LogP contribution < -0.4 is 5.32 Å². The summed E-state index contributed by atoms with van der Waals surface area (Å²) < 4.78 is 6.45. The van der Waals surface area contributed by atoms with E-state index < -0.39 is 0 Å². The molecule has 0 fully saturated rings. The van der Waals surface area contributed by atoms with Crippen molar-refractivity contribution in [2.45, 2.75) is 6.04 Å². The fraction of sp³-hybridized carbons (Fsp3) is 0.0192. The number of nitrogens with one attached hydrogen (secondary N) is 1. The molecule has 57 heavy (non-hydrogen) atoms. The number of rotatable bonds is 6. The Balaban J connectivity index is 0.908. The van der Waals surface area contributed by atoms with Crippen molar-refractivity contribution in [1.82, 2.24) is 15.0 Å². The Morgan fingerprint density at radius 3 is 1.72 bits per heavy atom. The van der Waals surface area contributed by atoms with Gasteiger partial charge < -0.3 is 9.73 Å². The highest BCUT2D eigenvalue weighted by Crippen LogP contribution is 2.40. The van der Waals surface area contributed by atoms with E-state index in [1.807, 2.05) is 66.7 Å². The van der Waals surface area contributed by atoms with Crippen LogP contribution in [0.4, 0.5) is 5.69 Å². The van der Waals surface area contributed by atoms with E-state index in [-0.39, 0.29) is 6.04 Å². The van der Waals surface area contributed by atoms with Crippen molar-refractivity contribution >= 4 is 44.5 Å². The molecule has 1 aliphatic rings. The molecule has 1 atom stereocenters. The van der Waals surface area contributed by atoms with E-state index in [0.29, 0.717) is 17.5 Å². The second kappa shape index (κ2) is 13.6. The van der Waals surface area contributed by atoms with E-state index in [9.17, 15) is 0 Å². The molecule has 5 heteroatoms. The van der Waals surface area contributed by atoms with Gasteiger partial charge in [-0.3, -0.25) is 0 Å². The Hall–Kier alpha value is -7.63. The predicted molar refractivity (Wildman–Crippen MR) is 234 cm³/mol. The lowest BCUT2D eigenvalue weighted by atomic mass is 9.90. The van der Waals surface area contributed by atoms with Gasteiger partial charge in [-0.25, -0.2) is 15.0 Å². The van der Waals surface area contributed by atoms with Crippen LogP contribution in [-0.4, -0.2) is 15.0 Å². The molecule has 0 amide bonds. The minimum atomic E-state index is 0.0593. The molecule has 0 radical (unpaired) electrons. The fourth-order valence-electron chi connectivity index (χ4n) is 8.11. The number of furan rings is 1. The smallest absolute Gasteiger partial charge is 0.164 e. The Bertz CT molecular complexity index is 3100. The number of fused-ring (bicyclic) bond motifs is 5. The zero-order valence-electron chi connectivity index (χ0n) is 30.8. The van der Waals surface area contributed by atoms with Gasteiger partial charge in [0.15, 0.2) is 17.5 Å². The predicted octanol–water partition coefficient (Wildman–Crippen LogP) is 13.4. The number of benzene rings is 8. The first-order valence-electron chi connectivity index (χ1n) is 19.2. The zero-order valence-corrected chi connectivity index (χ0v) is 30.8. The first-order chi connectivity index (χ1) is 28.2. The van der Waals surface area contributed by atoms with Crippen molar-refractivity contribution in [2.24, 2.45) is 0 Å². The minimum Gasteiger partial charge on any atom is -0.456 e. The summed E-state index contributed by atoms with van der Waals surface area (Å²) in [4.78, 5) is 14.7. The van der Waals surface area contributed by atoms with Crippen LogP contribution in [0.2, 0.25) is 0 Å². The summed E-state index contributed by atoms with van der Waals surface area (Å²) in [5, 5.41) is 8.45. The third-order valence-corrected chi connectivity index (χ3v) is 11.0. The van der Waals surface area contributed by atoms with Crippen LogP contribution in [0, 0.1) is 0 Å². The van der Waals surface area contributed by atoms with E-state index in [0.717, 1.165) is 61.0 Å². The molecule has 268 valence electrons. The molecule has 0 saturated heterocycles. The third-order valence-electron chi connectivity index (χ3n) is 11.0. The molecule has 0 bridgehead atoms. The molecule has 1 unspecified atom stereocenters. The average Bonchev–Trinajstić information content (AvgIpc) is 3.66. The first kappa shape index (κ1) is 32.8. The molecular formula is C52H34N4O. The SMILES string of the molecule is C1=CC(c2ccc(-c3ccccc3)c3ccccc23)Nc2ccc(-c3ccc4oc5cc(-c6nc(-c7ccccc7)nc(-c7ccccc7)n6)ccc5c4c3)cc21. The molecule has 0 aliphatic carbocycles. The molecule has 0 spiro atoms. The van der Waals surface area contributed by atoms with Crippen LogP contribution in [0.1, 0.15) is 17.2 Å². The average molecular weight is 731 g/mol. The molecule has 8 aromatic carbocycles. The summed E-state index contributed by atoms with van der Waals surface area (Å²) in [6.07, 6.45) is 4.53. The molecule has 1 aliphatic heterocycles. The van der Waals surface area contributed by atoms with Crippen molar-refractivity contribution in [3.05, 3.63) is 199 Å². The lowest BCUT2D eigenvalue weighted by molar-refractivity contribution is 0.669. The van der Waals surface area contributed by atoms with Gasteiger partial charge in [-0.15, -0.1) is 0 Å². The Morgan fingerprint density at radius 1 is 0.404 bits per heavy atom. The van der Waals surface area contributed by atoms with Crippen molar-refractivity contribution < 1.29 is 4.42 Å². The van der Waals surface area contributed by atoms with Gasteiger partial charge in [0.25, 0.3) is 0 Å². The van der Waals surface area contributed by atoms with Gasteiger partial charge in [-0.05, 0) is 80.6 Å². The number of anilines is 1. The van der Waals surface area contributed by atoms with Crippen LogP contribution >= 0.6 is 0 Å². The zero-order chi connectivity index (χ0) is 37.7. The van der Waals surface area contributed by atoms with Gasteiger partial charge in [-0.2, -0.15) is 0 Å². The number of nitrogens with zero attached hydrogens (tertiary/aromatic N) is 3. The van der Waals surface area contributed by atoms with E-state index in [1.54, 1.807) is 0 Å². The highest BCUT2D eigenvalue weighted by molar-refractivity contribution is 6.07. The largest absolute Gasteiger partial charge is 0.456 e. The maximum atomic E-state index is 6.45. The van der Waals surface area contributed by atoms with Gasteiger partial charge in [0.2, 0.25) is 0 Å². The van der Waals surface area contributed by atoms with Gasteiger partial charge in [0.05, 0.1) is 6.04 Å². The standard InChI is InChI=1S/C52H34N4O/c1-4-12-33(13-5-1)40-25-26-43(42-19-11-10-18-41(40)42)47-28-22-38-30-36(21-27-46(38)53-47)37-23-29-48-45(31-37)44-24-20-39(32-49(44)57-48)52-55-50(34-14-6-2-7-15-34)54-51(56-52)35-16-8-3-9-17-35/h1-32,47,53H. The van der Waals surface area contributed by atoms with Gasteiger partial charge in [0.1, 0.15) is 11.2 Å². The van der Waals surface area contributed by atoms with Gasteiger partial charge >= 0.3 is 0 Å². The quantitative estimate of drug-likeness (QED) is 0.185. The van der Waals surface area contributed by atoms with Crippen LogP contribution in [0.5, 0.6) is 0 Å². The fourth-order valence-corrected chi connectivity index (χ4v) is 8.11. The molecule has 0 saturated carbocycles. The van der Waals surface area contributed by atoms with E-state index >= 15 is 0 Å². The number of hydrogen-bond acceptors (Lipinski definition) is 5. The molecule has 5 nitrogen and oxygen atoms in total. The maximum Gasteiger partial charge on any atom is 0.164 e. The first-order valence-corrected chi connectivity index (χ1v) is 19.2. The highest BCUT2D eigenvalue weighted by Gasteiger charge is 2.20. The summed E-state index contributed by atoms with van der Waals surface area (Å²) in [7, 11) is 0. The third kappa shape index (κ3) is 5.94. The van der Waals surface area contributed by atoms with E-state index in [4.69, 9.17) is 19.4 Å². The molecule has 2 aromatic heterocycles. The van der Waals surface area contributed by atoms with E-state index in [1.165, 1.54) is 27.5 Å². The van der Waals surface area contributed by atoms with E-state index in [2.05, 4.69) is 133 Å².